The van der Waals surface area contributed by atoms with Crippen LogP contribution >= 0.6 is 0 Å². The Labute approximate surface area is 141 Å². The number of hydrogen-bond donors (Lipinski definition) is 0. The Hall–Kier alpha value is -1.85. The zero-order valence-corrected chi connectivity index (χ0v) is 14.4. The van der Waals surface area contributed by atoms with Crippen molar-refractivity contribution >= 4 is 17.9 Å². The summed E-state index contributed by atoms with van der Waals surface area (Å²) < 4.78 is 16.0. The van der Waals surface area contributed by atoms with E-state index >= 15 is 0 Å². The van der Waals surface area contributed by atoms with E-state index < -0.39 is 24.1 Å². The van der Waals surface area contributed by atoms with Gasteiger partial charge >= 0.3 is 17.9 Å². The van der Waals surface area contributed by atoms with Crippen LogP contribution in [0.5, 0.6) is 0 Å². The molecular formula is C18H24O6. The molecule has 132 valence electrons. The van der Waals surface area contributed by atoms with Crippen LogP contribution in [0.1, 0.15) is 40.0 Å². The fourth-order valence-corrected chi connectivity index (χ4v) is 4.75. The number of ether oxygens (including phenoxy) is 3. The van der Waals surface area contributed by atoms with Crippen LogP contribution in [0.3, 0.4) is 0 Å². The van der Waals surface area contributed by atoms with Crippen LogP contribution in [0.2, 0.25) is 0 Å². The second-order valence-corrected chi connectivity index (χ2v) is 7.70. The van der Waals surface area contributed by atoms with Crippen LogP contribution in [0.15, 0.2) is 12.2 Å². The molecule has 0 N–H and O–H groups in total. The van der Waals surface area contributed by atoms with E-state index in [-0.39, 0.29) is 41.3 Å². The van der Waals surface area contributed by atoms with Crippen molar-refractivity contribution < 1.29 is 28.6 Å². The average molecular weight is 336 g/mol. The minimum Gasteiger partial charge on any atom is -0.460 e. The summed E-state index contributed by atoms with van der Waals surface area (Å²) in [4.78, 5) is 35.5. The third-order valence-electron chi connectivity index (χ3n) is 5.63. The van der Waals surface area contributed by atoms with Crippen LogP contribution in [-0.4, -0.2) is 36.2 Å². The Morgan fingerprint density at radius 1 is 1.33 bits per heavy atom. The van der Waals surface area contributed by atoms with Gasteiger partial charge in [0, 0.05) is 17.4 Å². The van der Waals surface area contributed by atoms with E-state index in [1.165, 1.54) is 6.92 Å². The molecule has 0 radical (unpaired) electrons. The quantitative estimate of drug-likeness (QED) is 0.444. The van der Waals surface area contributed by atoms with E-state index in [2.05, 4.69) is 6.58 Å². The Kier molecular flexibility index (Phi) is 4.18. The number of carbonyl (C=O) groups excluding carboxylic acids is 3. The van der Waals surface area contributed by atoms with Gasteiger partial charge in [-0.1, -0.05) is 6.58 Å². The summed E-state index contributed by atoms with van der Waals surface area (Å²) in [5, 5.41) is 0. The predicted molar refractivity (Wildman–Crippen MR) is 83.6 cm³/mol. The topological polar surface area (TPSA) is 78.9 Å². The van der Waals surface area contributed by atoms with Crippen LogP contribution in [0, 0.1) is 23.7 Å². The van der Waals surface area contributed by atoms with E-state index in [4.69, 9.17) is 14.2 Å². The molecule has 0 aromatic rings. The molecule has 4 fully saturated rings. The summed E-state index contributed by atoms with van der Waals surface area (Å²) in [5.41, 5.74) is -0.284. The van der Waals surface area contributed by atoms with Crippen molar-refractivity contribution in [3.63, 3.8) is 0 Å². The summed E-state index contributed by atoms with van der Waals surface area (Å²) in [6.45, 7) is 8.45. The molecule has 0 aromatic heterocycles. The first-order valence-electron chi connectivity index (χ1n) is 8.45. The number of rotatable bonds is 4. The van der Waals surface area contributed by atoms with Gasteiger partial charge in [-0.05, 0) is 46.0 Å². The highest BCUT2D eigenvalue weighted by Gasteiger charge is 2.63. The highest BCUT2D eigenvalue weighted by atomic mass is 16.6. The standard InChI is InChI=1S/C18H24O6/c1-9(2)16(20)22-8-13(19)23-12-7-10-5-6-11(12)15-14(10)17(21)24-18(15,3)4/h10-12,14-15H,1,5-8H2,2-4H3. The van der Waals surface area contributed by atoms with Crippen LogP contribution in [0.4, 0.5) is 0 Å². The highest BCUT2D eigenvalue weighted by molar-refractivity contribution is 5.88. The second kappa shape index (κ2) is 5.90. The molecule has 1 saturated heterocycles. The normalized spacial score (nSPS) is 35.8. The lowest BCUT2D eigenvalue weighted by atomic mass is 9.55. The summed E-state index contributed by atoms with van der Waals surface area (Å²) in [5.74, 6) is -0.954. The molecule has 1 heterocycles. The lowest BCUT2D eigenvalue weighted by Crippen LogP contribution is -2.53. The fraction of sp³-hybridized carbons (Fsp3) is 0.722. The third kappa shape index (κ3) is 2.82. The first-order chi connectivity index (χ1) is 11.2. The van der Waals surface area contributed by atoms with Gasteiger partial charge in [-0.2, -0.15) is 0 Å². The molecule has 6 heteroatoms. The molecule has 4 aliphatic rings. The van der Waals surface area contributed by atoms with Crippen LogP contribution in [0.25, 0.3) is 0 Å². The van der Waals surface area contributed by atoms with Crippen molar-refractivity contribution in [1.82, 2.24) is 0 Å². The smallest absolute Gasteiger partial charge is 0.344 e. The van der Waals surface area contributed by atoms with Gasteiger partial charge in [-0.15, -0.1) is 0 Å². The van der Waals surface area contributed by atoms with E-state index in [9.17, 15) is 14.4 Å². The highest BCUT2D eigenvalue weighted by Crippen LogP contribution is 2.57. The lowest BCUT2D eigenvalue weighted by Gasteiger charge is -2.50. The molecule has 3 aliphatic carbocycles. The monoisotopic (exact) mass is 336 g/mol. The SMILES string of the molecule is C=C(C)C(=O)OCC(=O)OC1CC2CCC1C1C2C(=O)OC1(C)C. The Morgan fingerprint density at radius 2 is 2.04 bits per heavy atom. The molecular weight excluding hydrogens is 312 g/mol. The molecule has 0 aromatic carbocycles. The van der Waals surface area contributed by atoms with Crippen LogP contribution < -0.4 is 0 Å². The van der Waals surface area contributed by atoms with E-state index in [1.807, 2.05) is 13.8 Å². The molecule has 0 spiro atoms. The number of cyclic esters (lactones) is 1. The Morgan fingerprint density at radius 3 is 2.71 bits per heavy atom. The molecule has 5 unspecified atom stereocenters. The average Bonchev–Trinajstić information content (AvgIpc) is 2.76. The molecule has 4 rings (SSSR count). The molecule has 6 nitrogen and oxygen atoms in total. The van der Waals surface area contributed by atoms with Gasteiger partial charge in [0.1, 0.15) is 11.7 Å². The molecule has 2 bridgehead atoms. The number of hydrogen-bond acceptors (Lipinski definition) is 6. The lowest BCUT2D eigenvalue weighted by molar-refractivity contribution is -0.174. The predicted octanol–water partition coefficient (Wildman–Crippen LogP) is 2.02. The van der Waals surface area contributed by atoms with Crippen molar-refractivity contribution in [1.29, 1.82) is 0 Å². The van der Waals surface area contributed by atoms with Gasteiger partial charge in [0.05, 0.1) is 5.92 Å². The Bertz CT molecular complexity index is 592. The van der Waals surface area contributed by atoms with Gasteiger partial charge in [0.15, 0.2) is 6.61 Å². The van der Waals surface area contributed by atoms with Crippen molar-refractivity contribution in [2.24, 2.45) is 23.7 Å². The van der Waals surface area contributed by atoms with Gasteiger partial charge in [-0.25, -0.2) is 9.59 Å². The second-order valence-electron chi connectivity index (χ2n) is 7.70. The first kappa shape index (κ1) is 17.0. The van der Waals surface area contributed by atoms with E-state index in [0.29, 0.717) is 6.42 Å². The zero-order chi connectivity index (χ0) is 17.6. The summed E-state index contributed by atoms with van der Waals surface area (Å²) in [7, 11) is 0. The maximum Gasteiger partial charge on any atom is 0.344 e. The summed E-state index contributed by atoms with van der Waals surface area (Å²) in [6, 6.07) is 0. The van der Waals surface area contributed by atoms with Crippen molar-refractivity contribution in [2.75, 3.05) is 6.61 Å². The molecule has 5 atom stereocenters. The van der Waals surface area contributed by atoms with Gasteiger partial charge in [-0.3, -0.25) is 4.79 Å². The minimum absolute atomic E-state index is 0.0741. The van der Waals surface area contributed by atoms with E-state index in [1.54, 1.807) is 0 Å². The maximum absolute atomic E-state index is 12.2. The zero-order valence-electron chi connectivity index (χ0n) is 14.4. The maximum atomic E-state index is 12.2. The van der Waals surface area contributed by atoms with Crippen molar-refractivity contribution in [2.45, 2.75) is 51.7 Å². The molecule has 24 heavy (non-hydrogen) atoms. The van der Waals surface area contributed by atoms with Crippen molar-refractivity contribution in [3.8, 4) is 0 Å². The van der Waals surface area contributed by atoms with Crippen molar-refractivity contribution in [3.05, 3.63) is 12.2 Å². The fourth-order valence-electron chi connectivity index (χ4n) is 4.75. The van der Waals surface area contributed by atoms with Gasteiger partial charge in [0.2, 0.25) is 0 Å². The minimum atomic E-state index is -0.604. The first-order valence-corrected chi connectivity index (χ1v) is 8.45. The molecule has 3 saturated carbocycles. The van der Waals surface area contributed by atoms with Gasteiger partial charge in [0.25, 0.3) is 0 Å². The van der Waals surface area contributed by atoms with Gasteiger partial charge < -0.3 is 14.2 Å². The van der Waals surface area contributed by atoms with E-state index in [0.717, 1.165) is 12.8 Å². The Balaban J connectivity index is 1.64. The molecule has 1 aliphatic heterocycles. The summed E-state index contributed by atoms with van der Waals surface area (Å²) >= 11 is 0. The number of carbonyl (C=O) groups is 3. The molecule has 0 amide bonds. The summed E-state index contributed by atoms with van der Waals surface area (Å²) in [6.07, 6.45) is 2.33. The number of fused-ring (bicyclic) bond motifs is 2. The largest absolute Gasteiger partial charge is 0.460 e. The third-order valence-corrected chi connectivity index (χ3v) is 5.63. The van der Waals surface area contributed by atoms with Crippen LogP contribution in [-0.2, 0) is 28.6 Å². The number of esters is 3.